The predicted molar refractivity (Wildman–Crippen MR) is 82.5 cm³/mol. The van der Waals surface area contributed by atoms with Crippen LogP contribution in [-0.4, -0.2) is 19.5 Å². The lowest BCUT2D eigenvalue weighted by atomic mass is 10.0. The highest BCUT2D eigenvalue weighted by Crippen LogP contribution is 2.37. The van der Waals surface area contributed by atoms with Gasteiger partial charge in [0.2, 0.25) is 0 Å². The van der Waals surface area contributed by atoms with Crippen LogP contribution in [0.5, 0.6) is 11.5 Å². The molecular weight excluding hydrogens is 307 g/mol. The second-order valence-electron chi connectivity index (χ2n) is 4.90. The predicted octanol–water partition coefficient (Wildman–Crippen LogP) is 4.15. The van der Waals surface area contributed by atoms with Crippen LogP contribution in [-0.2, 0) is 6.42 Å². The first-order valence-corrected chi connectivity index (χ1v) is 7.25. The van der Waals surface area contributed by atoms with Crippen molar-refractivity contribution < 1.29 is 22.6 Å². The molecule has 2 rings (SSSR count). The maximum Gasteiger partial charge on any atom is 0.573 e. The average Bonchev–Trinajstić information content (AvgIpc) is 2.51. The molecule has 0 aliphatic rings. The van der Waals surface area contributed by atoms with Gasteiger partial charge in [-0.3, -0.25) is 0 Å². The molecule has 0 atom stereocenters. The van der Waals surface area contributed by atoms with Crippen LogP contribution < -0.4 is 15.2 Å². The molecule has 0 spiro atoms. The first kappa shape index (κ1) is 17.1. The fourth-order valence-corrected chi connectivity index (χ4v) is 2.18. The third-order valence-electron chi connectivity index (χ3n) is 3.21. The molecule has 2 aromatic rings. The number of hydrogen-bond donors (Lipinski definition) is 1. The number of aryl methyl sites for hydroxylation is 1. The fourth-order valence-electron chi connectivity index (χ4n) is 2.18. The number of halogens is 3. The van der Waals surface area contributed by atoms with E-state index in [0.29, 0.717) is 11.1 Å². The molecule has 0 bridgehead atoms. The monoisotopic (exact) mass is 325 g/mol. The molecule has 0 unspecified atom stereocenters. The second-order valence-corrected chi connectivity index (χ2v) is 4.90. The summed E-state index contributed by atoms with van der Waals surface area (Å²) >= 11 is 0. The standard InChI is InChI=1S/C17H18F3NO2/c1-2-12-4-3-5-13(10-12)15-7-6-14(22-9-8-21)11-16(15)23-17(18,19)20/h3-7,10-11H,2,8-9,21H2,1H3. The smallest absolute Gasteiger partial charge is 0.492 e. The SMILES string of the molecule is CCc1cccc(-c2ccc(OCCN)cc2OC(F)(F)F)c1. The van der Waals surface area contributed by atoms with Crippen molar-refractivity contribution in [3.8, 4) is 22.6 Å². The number of rotatable bonds is 6. The minimum Gasteiger partial charge on any atom is -0.492 e. The van der Waals surface area contributed by atoms with Gasteiger partial charge in [-0.25, -0.2) is 0 Å². The van der Waals surface area contributed by atoms with Crippen LogP contribution in [0, 0.1) is 0 Å². The molecule has 0 radical (unpaired) electrons. The Morgan fingerprint density at radius 3 is 2.52 bits per heavy atom. The summed E-state index contributed by atoms with van der Waals surface area (Å²) in [6, 6.07) is 11.7. The van der Waals surface area contributed by atoms with Gasteiger partial charge >= 0.3 is 6.36 Å². The van der Waals surface area contributed by atoms with Crippen molar-refractivity contribution >= 4 is 0 Å². The van der Waals surface area contributed by atoms with Gasteiger partial charge in [0, 0.05) is 18.2 Å². The van der Waals surface area contributed by atoms with E-state index in [9.17, 15) is 13.2 Å². The molecule has 3 nitrogen and oxygen atoms in total. The van der Waals surface area contributed by atoms with E-state index in [-0.39, 0.29) is 24.7 Å². The van der Waals surface area contributed by atoms with Gasteiger partial charge in [-0.05, 0) is 29.7 Å². The average molecular weight is 325 g/mol. The maximum atomic E-state index is 12.7. The highest BCUT2D eigenvalue weighted by molar-refractivity contribution is 5.72. The van der Waals surface area contributed by atoms with Gasteiger partial charge in [0.05, 0.1) is 0 Å². The van der Waals surface area contributed by atoms with E-state index in [2.05, 4.69) is 4.74 Å². The van der Waals surface area contributed by atoms with Crippen molar-refractivity contribution in [2.24, 2.45) is 5.73 Å². The number of hydrogen-bond acceptors (Lipinski definition) is 3. The highest BCUT2D eigenvalue weighted by atomic mass is 19.4. The molecule has 2 aromatic carbocycles. The number of ether oxygens (including phenoxy) is 2. The summed E-state index contributed by atoms with van der Waals surface area (Å²) in [5.41, 5.74) is 7.38. The lowest BCUT2D eigenvalue weighted by molar-refractivity contribution is -0.274. The van der Waals surface area contributed by atoms with Crippen LogP contribution in [0.3, 0.4) is 0 Å². The Bertz CT molecular complexity index is 657. The fraction of sp³-hybridized carbons (Fsp3) is 0.294. The van der Waals surface area contributed by atoms with Gasteiger partial charge in [0.1, 0.15) is 18.1 Å². The first-order chi connectivity index (χ1) is 10.9. The lowest BCUT2D eigenvalue weighted by Gasteiger charge is -2.15. The Morgan fingerprint density at radius 2 is 1.87 bits per heavy atom. The van der Waals surface area contributed by atoms with Gasteiger partial charge < -0.3 is 15.2 Å². The number of nitrogens with two attached hydrogens (primary N) is 1. The van der Waals surface area contributed by atoms with Crippen LogP contribution in [0.4, 0.5) is 13.2 Å². The minimum absolute atomic E-state index is 0.218. The highest BCUT2D eigenvalue weighted by Gasteiger charge is 2.32. The lowest BCUT2D eigenvalue weighted by Crippen LogP contribution is -2.18. The third-order valence-corrected chi connectivity index (χ3v) is 3.21. The largest absolute Gasteiger partial charge is 0.573 e. The quantitative estimate of drug-likeness (QED) is 0.867. The van der Waals surface area contributed by atoms with E-state index >= 15 is 0 Å². The molecule has 0 aliphatic carbocycles. The molecule has 0 amide bonds. The van der Waals surface area contributed by atoms with E-state index in [0.717, 1.165) is 12.0 Å². The van der Waals surface area contributed by atoms with E-state index in [1.165, 1.54) is 6.07 Å². The molecule has 0 fully saturated rings. The van der Waals surface area contributed by atoms with E-state index in [1.54, 1.807) is 18.2 Å². The zero-order valence-electron chi connectivity index (χ0n) is 12.7. The Morgan fingerprint density at radius 1 is 1.09 bits per heavy atom. The Hall–Kier alpha value is -2.21. The normalized spacial score (nSPS) is 11.3. The van der Waals surface area contributed by atoms with Gasteiger partial charge in [-0.15, -0.1) is 13.2 Å². The van der Waals surface area contributed by atoms with E-state index in [1.807, 2.05) is 25.1 Å². The van der Waals surface area contributed by atoms with Crippen molar-refractivity contribution in [3.05, 3.63) is 48.0 Å². The van der Waals surface area contributed by atoms with Gasteiger partial charge in [0.25, 0.3) is 0 Å². The molecule has 0 saturated carbocycles. The van der Waals surface area contributed by atoms with Crippen molar-refractivity contribution in [2.75, 3.05) is 13.2 Å². The third kappa shape index (κ3) is 4.89. The molecule has 0 aromatic heterocycles. The molecule has 0 heterocycles. The number of benzene rings is 2. The van der Waals surface area contributed by atoms with Crippen LogP contribution in [0.25, 0.3) is 11.1 Å². The molecule has 124 valence electrons. The van der Waals surface area contributed by atoms with E-state index in [4.69, 9.17) is 10.5 Å². The Balaban J connectivity index is 2.43. The van der Waals surface area contributed by atoms with Crippen molar-refractivity contribution in [3.63, 3.8) is 0 Å². The van der Waals surface area contributed by atoms with Crippen LogP contribution in [0.1, 0.15) is 12.5 Å². The summed E-state index contributed by atoms with van der Waals surface area (Å²) in [7, 11) is 0. The van der Waals surface area contributed by atoms with Crippen molar-refractivity contribution in [1.82, 2.24) is 0 Å². The van der Waals surface area contributed by atoms with Crippen LogP contribution in [0.2, 0.25) is 0 Å². The van der Waals surface area contributed by atoms with Gasteiger partial charge in [-0.1, -0.05) is 31.2 Å². The summed E-state index contributed by atoms with van der Waals surface area (Å²) in [6.45, 7) is 2.47. The molecule has 0 aliphatic heterocycles. The minimum atomic E-state index is -4.77. The van der Waals surface area contributed by atoms with Crippen LogP contribution in [0.15, 0.2) is 42.5 Å². The first-order valence-electron chi connectivity index (χ1n) is 7.25. The zero-order valence-corrected chi connectivity index (χ0v) is 12.7. The zero-order chi connectivity index (χ0) is 16.9. The summed E-state index contributed by atoms with van der Waals surface area (Å²) < 4.78 is 47.5. The van der Waals surface area contributed by atoms with Crippen LogP contribution >= 0.6 is 0 Å². The van der Waals surface area contributed by atoms with Gasteiger partial charge in [-0.2, -0.15) is 0 Å². The van der Waals surface area contributed by atoms with E-state index < -0.39 is 6.36 Å². The molecule has 0 saturated heterocycles. The summed E-state index contributed by atoms with van der Waals surface area (Å²) in [5, 5.41) is 0. The second kappa shape index (κ2) is 7.37. The molecular formula is C17H18F3NO2. The number of alkyl halides is 3. The Kier molecular flexibility index (Phi) is 5.50. The molecule has 6 heteroatoms. The molecule has 23 heavy (non-hydrogen) atoms. The summed E-state index contributed by atoms with van der Waals surface area (Å²) in [4.78, 5) is 0. The van der Waals surface area contributed by atoms with Crippen molar-refractivity contribution in [2.45, 2.75) is 19.7 Å². The Labute approximate surface area is 132 Å². The van der Waals surface area contributed by atoms with Crippen molar-refractivity contribution in [1.29, 1.82) is 0 Å². The summed E-state index contributed by atoms with van der Waals surface area (Å²) in [5.74, 6) is -0.00892. The topological polar surface area (TPSA) is 44.5 Å². The maximum absolute atomic E-state index is 12.7. The molecule has 2 N–H and O–H groups in total. The van der Waals surface area contributed by atoms with Gasteiger partial charge in [0.15, 0.2) is 0 Å². The summed E-state index contributed by atoms with van der Waals surface area (Å²) in [6.07, 6.45) is -3.98.